The van der Waals surface area contributed by atoms with Crippen LogP contribution in [0, 0.1) is 11.3 Å². The summed E-state index contributed by atoms with van der Waals surface area (Å²) in [5.41, 5.74) is 0.951. The van der Waals surface area contributed by atoms with Gasteiger partial charge in [-0.15, -0.1) is 11.3 Å². The van der Waals surface area contributed by atoms with E-state index in [4.69, 9.17) is 10.00 Å². The summed E-state index contributed by atoms with van der Waals surface area (Å²) in [7, 11) is 1.33. The zero-order valence-electron chi connectivity index (χ0n) is 12.5. The summed E-state index contributed by atoms with van der Waals surface area (Å²) < 4.78 is 33.8. The van der Waals surface area contributed by atoms with Crippen LogP contribution in [0.5, 0.6) is 11.5 Å². The average molecular weight is 350 g/mol. The van der Waals surface area contributed by atoms with E-state index in [1.807, 2.05) is 6.07 Å². The quantitative estimate of drug-likeness (QED) is 0.803. The maximum Gasteiger partial charge on any atom is 0.387 e. The minimum atomic E-state index is -2.95. The monoisotopic (exact) mass is 350 g/mol. The number of hydrogen-bond acceptors (Lipinski definition) is 5. The Morgan fingerprint density at radius 1 is 1.38 bits per heavy atom. The predicted octanol–water partition coefficient (Wildman–Crippen LogP) is 3.88. The van der Waals surface area contributed by atoms with Gasteiger partial charge >= 0.3 is 6.61 Å². The van der Waals surface area contributed by atoms with E-state index in [0.29, 0.717) is 16.1 Å². The number of nitrogens with one attached hydrogen (secondary N) is 1. The highest BCUT2D eigenvalue weighted by molar-refractivity contribution is 7.14. The molecule has 0 aliphatic carbocycles. The smallest absolute Gasteiger partial charge is 0.387 e. The number of alkyl halides is 2. The van der Waals surface area contributed by atoms with E-state index < -0.39 is 12.5 Å². The fraction of sp³-hybridized carbons (Fsp3) is 0.125. The summed E-state index contributed by atoms with van der Waals surface area (Å²) in [6.07, 6.45) is 2.76. The Balaban J connectivity index is 2.08. The number of ether oxygens (including phenoxy) is 2. The van der Waals surface area contributed by atoms with Crippen LogP contribution in [0.3, 0.4) is 0 Å². The van der Waals surface area contributed by atoms with E-state index in [2.05, 4.69) is 10.1 Å². The predicted molar refractivity (Wildman–Crippen MR) is 86.3 cm³/mol. The van der Waals surface area contributed by atoms with Gasteiger partial charge in [-0.25, -0.2) is 0 Å². The first-order valence-electron chi connectivity index (χ1n) is 6.63. The molecule has 0 saturated heterocycles. The summed E-state index contributed by atoms with van der Waals surface area (Å²) >= 11 is 1.24. The lowest BCUT2D eigenvalue weighted by Gasteiger charge is -2.10. The van der Waals surface area contributed by atoms with Crippen LogP contribution in [0.2, 0.25) is 0 Å². The van der Waals surface area contributed by atoms with Crippen molar-refractivity contribution in [1.82, 2.24) is 0 Å². The maximum atomic E-state index is 12.3. The number of benzene rings is 1. The Hall–Kier alpha value is -2.92. The topological polar surface area (TPSA) is 71.3 Å². The minimum absolute atomic E-state index is 0.0913. The summed E-state index contributed by atoms with van der Waals surface area (Å²) in [5.74, 6) is -0.380. The molecule has 1 amide bonds. The van der Waals surface area contributed by atoms with E-state index in [1.165, 1.54) is 48.8 Å². The third-order valence-corrected chi connectivity index (χ3v) is 3.68. The maximum absolute atomic E-state index is 12.3. The molecule has 8 heteroatoms. The molecule has 0 saturated carbocycles. The van der Waals surface area contributed by atoms with Gasteiger partial charge in [-0.3, -0.25) is 4.79 Å². The Kier molecular flexibility index (Phi) is 5.87. The standard InChI is InChI=1S/C16H12F2N2O3S/c1-22-13-8-10(2-4-12(13)23-16(17)18)3-5-14(21)20-15-11(9-19)6-7-24-15/h2-8,16H,1H3,(H,20,21). The lowest BCUT2D eigenvalue weighted by molar-refractivity contribution is -0.111. The van der Waals surface area contributed by atoms with Gasteiger partial charge < -0.3 is 14.8 Å². The van der Waals surface area contributed by atoms with Crippen molar-refractivity contribution in [3.63, 3.8) is 0 Å². The van der Waals surface area contributed by atoms with Gasteiger partial charge in [0.05, 0.1) is 12.7 Å². The van der Waals surface area contributed by atoms with E-state index >= 15 is 0 Å². The minimum Gasteiger partial charge on any atom is -0.493 e. The van der Waals surface area contributed by atoms with Crippen molar-refractivity contribution in [1.29, 1.82) is 5.26 Å². The first-order valence-corrected chi connectivity index (χ1v) is 7.51. The highest BCUT2D eigenvalue weighted by Crippen LogP contribution is 2.30. The van der Waals surface area contributed by atoms with Crippen LogP contribution in [-0.2, 0) is 4.79 Å². The zero-order chi connectivity index (χ0) is 17.5. The number of carbonyl (C=O) groups is 1. The summed E-state index contributed by atoms with van der Waals surface area (Å²) in [6, 6.07) is 7.88. The number of thiophene rings is 1. The van der Waals surface area contributed by atoms with Gasteiger partial charge in [0.1, 0.15) is 11.1 Å². The lowest BCUT2D eigenvalue weighted by atomic mass is 10.2. The molecule has 0 atom stereocenters. The number of carbonyl (C=O) groups excluding carboxylic acids is 1. The first-order chi connectivity index (χ1) is 11.5. The molecule has 2 aromatic rings. The molecule has 1 heterocycles. The van der Waals surface area contributed by atoms with Crippen molar-refractivity contribution in [2.75, 3.05) is 12.4 Å². The number of rotatable bonds is 6. The van der Waals surface area contributed by atoms with Gasteiger partial charge in [0.25, 0.3) is 0 Å². The van der Waals surface area contributed by atoms with Crippen molar-refractivity contribution in [2.24, 2.45) is 0 Å². The van der Waals surface area contributed by atoms with Gasteiger partial charge in [-0.1, -0.05) is 6.07 Å². The number of anilines is 1. The third kappa shape index (κ3) is 4.54. The Morgan fingerprint density at radius 2 is 2.17 bits per heavy atom. The normalized spacial score (nSPS) is 10.6. The van der Waals surface area contributed by atoms with Gasteiger partial charge in [0, 0.05) is 6.08 Å². The van der Waals surface area contributed by atoms with Crippen molar-refractivity contribution < 1.29 is 23.0 Å². The van der Waals surface area contributed by atoms with E-state index in [1.54, 1.807) is 11.4 Å². The van der Waals surface area contributed by atoms with E-state index in [-0.39, 0.29) is 11.5 Å². The molecule has 1 N–H and O–H groups in total. The second-order valence-corrected chi connectivity index (χ2v) is 5.30. The van der Waals surface area contributed by atoms with Crippen LogP contribution >= 0.6 is 11.3 Å². The van der Waals surface area contributed by atoms with Crippen LogP contribution in [0.15, 0.2) is 35.7 Å². The number of halogens is 2. The van der Waals surface area contributed by atoms with Gasteiger partial charge in [0.2, 0.25) is 5.91 Å². The van der Waals surface area contributed by atoms with E-state index in [9.17, 15) is 13.6 Å². The summed E-state index contributed by atoms with van der Waals surface area (Å²) in [5, 5.41) is 13.6. The lowest BCUT2D eigenvalue weighted by Crippen LogP contribution is -2.07. The van der Waals surface area contributed by atoms with Crippen LogP contribution in [-0.4, -0.2) is 19.6 Å². The van der Waals surface area contributed by atoms with Gasteiger partial charge in [-0.05, 0) is 35.2 Å². The molecule has 124 valence electrons. The van der Waals surface area contributed by atoms with Crippen LogP contribution < -0.4 is 14.8 Å². The molecule has 0 spiro atoms. The largest absolute Gasteiger partial charge is 0.493 e. The average Bonchev–Trinajstić information content (AvgIpc) is 3.00. The van der Waals surface area contributed by atoms with Crippen molar-refractivity contribution in [3.8, 4) is 17.6 Å². The third-order valence-electron chi connectivity index (χ3n) is 2.85. The highest BCUT2D eigenvalue weighted by atomic mass is 32.1. The molecule has 5 nitrogen and oxygen atoms in total. The highest BCUT2D eigenvalue weighted by Gasteiger charge is 2.10. The second-order valence-electron chi connectivity index (χ2n) is 4.39. The molecule has 0 radical (unpaired) electrons. The fourth-order valence-corrected chi connectivity index (χ4v) is 2.54. The molecular formula is C16H12F2N2O3S. The fourth-order valence-electron chi connectivity index (χ4n) is 1.80. The molecular weight excluding hydrogens is 338 g/mol. The van der Waals surface area contributed by atoms with Crippen LogP contribution in [0.25, 0.3) is 6.08 Å². The summed E-state index contributed by atoms with van der Waals surface area (Å²) in [6.45, 7) is -2.95. The first kappa shape index (κ1) is 17.4. The van der Waals surface area contributed by atoms with Crippen molar-refractivity contribution in [3.05, 3.63) is 46.8 Å². The molecule has 0 fully saturated rings. The Labute approximate surface area is 140 Å². The van der Waals surface area contributed by atoms with Gasteiger partial charge in [-0.2, -0.15) is 14.0 Å². The van der Waals surface area contributed by atoms with Crippen molar-refractivity contribution >= 4 is 28.3 Å². The molecule has 0 bridgehead atoms. The van der Waals surface area contributed by atoms with Crippen LogP contribution in [0.4, 0.5) is 13.8 Å². The molecule has 0 aliphatic rings. The number of amides is 1. The molecule has 0 aliphatic heterocycles. The molecule has 0 unspecified atom stereocenters. The Morgan fingerprint density at radius 3 is 2.83 bits per heavy atom. The molecule has 2 rings (SSSR count). The number of nitrogens with zero attached hydrogens (tertiary/aromatic N) is 1. The van der Waals surface area contributed by atoms with Crippen LogP contribution in [0.1, 0.15) is 11.1 Å². The number of hydrogen-bond donors (Lipinski definition) is 1. The van der Waals surface area contributed by atoms with E-state index in [0.717, 1.165) is 0 Å². The zero-order valence-corrected chi connectivity index (χ0v) is 13.3. The van der Waals surface area contributed by atoms with Crippen molar-refractivity contribution in [2.45, 2.75) is 6.61 Å². The molecule has 24 heavy (non-hydrogen) atoms. The van der Waals surface area contributed by atoms with Gasteiger partial charge in [0.15, 0.2) is 11.5 Å². The second kappa shape index (κ2) is 8.08. The Bertz CT molecular complexity index is 797. The SMILES string of the molecule is COc1cc(C=CC(=O)Nc2sccc2C#N)ccc1OC(F)F. The molecule has 1 aromatic heterocycles. The molecule has 1 aromatic carbocycles. The summed E-state index contributed by atoms with van der Waals surface area (Å²) in [4.78, 5) is 11.9. The number of methoxy groups -OCH3 is 1. The number of nitriles is 1.